The van der Waals surface area contributed by atoms with Gasteiger partial charge in [0.05, 0.1) is 5.57 Å². The fourth-order valence-electron chi connectivity index (χ4n) is 3.20. The second kappa shape index (κ2) is 8.22. The van der Waals surface area contributed by atoms with Gasteiger partial charge in [-0.05, 0) is 49.1 Å². The van der Waals surface area contributed by atoms with E-state index in [9.17, 15) is 22.8 Å². The minimum Gasteiger partial charge on any atom is -0.406 e. The Balaban J connectivity index is 2.04. The van der Waals surface area contributed by atoms with Gasteiger partial charge in [-0.1, -0.05) is 31.2 Å². The van der Waals surface area contributed by atoms with E-state index < -0.39 is 23.9 Å². The van der Waals surface area contributed by atoms with Crippen LogP contribution in [0.3, 0.4) is 0 Å². The van der Waals surface area contributed by atoms with E-state index in [4.69, 9.17) is 0 Å². The zero-order chi connectivity index (χ0) is 22.1. The largest absolute Gasteiger partial charge is 0.573 e. The Kier molecular flexibility index (Phi) is 5.87. The summed E-state index contributed by atoms with van der Waals surface area (Å²) in [5.41, 5.74) is 2.98. The highest BCUT2D eigenvalue weighted by atomic mass is 19.4. The first-order chi connectivity index (χ1) is 14.1. The fraction of sp³-hybridized carbons (Fsp3) is 0.273. The molecule has 0 spiro atoms. The van der Waals surface area contributed by atoms with E-state index >= 15 is 0 Å². The van der Waals surface area contributed by atoms with Gasteiger partial charge in [0.25, 0.3) is 11.8 Å². The number of halogens is 3. The average molecular weight is 418 g/mol. The molecular formula is C22H21F3N2O3. The smallest absolute Gasteiger partial charge is 0.406 e. The lowest BCUT2D eigenvalue weighted by Crippen LogP contribution is -2.33. The number of anilines is 1. The molecule has 2 amide bonds. The van der Waals surface area contributed by atoms with E-state index in [1.54, 1.807) is 6.07 Å². The molecule has 0 saturated heterocycles. The minimum absolute atomic E-state index is 0.0286. The molecule has 1 aliphatic rings. The number of amides is 2. The molecule has 0 aliphatic carbocycles. The molecule has 0 fully saturated rings. The molecule has 1 heterocycles. The summed E-state index contributed by atoms with van der Waals surface area (Å²) < 4.78 is 41.5. The summed E-state index contributed by atoms with van der Waals surface area (Å²) in [7, 11) is 0. The number of rotatable bonds is 6. The lowest BCUT2D eigenvalue weighted by Gasteiger charge is -2.14. The van der Waals surface area contributed by atoms with Crippen LogP contribution in [0.5, 0.6) is 5.75 Å². The van der Waals surface area contributed by atoms with Gasteiger partial charge in [-0.25, -0.2) is 0 Å². The van der Waals surface area contributed by atoms with Gasteiger partial charge in [-0.3, -0.25) is 14.5 Å². The standard InChI is InChI=1S/C22H21F3N2O3/c1-4-10-27-20(28)18(15-9-8-13(2)14(3)11-15)19(21(27)29)26-16-6-5-7-17(12-16)30-22(23,24)25/h5-9,11-12,26H,4,10H2,1-3H3. The maximum Gasteiger partial charge on any atom is 0.573 e. The second-order valence-corrected chi connectivity index (χ2v) is 7.01. The van der Waals surface area contributed by atoms with Crippen molar-refractivity contribution in [3.8, 4) is 5.75 Å². The lowest BCUT2D eigenvalue weighted by molar-refractivity contribution is -0.274. The molecule has 0 bridgehead atoms. The van der Waals surface area contributed by atoms with E-state index in [-0.39, 0.29) is 23.5 Å². The molecule has 0 aromatic heterocycles. The molecule has 8 heteroatoms. The molecule has 0 unspecified atom stereocenters. The van der Waals surface area contributed by atoms with Crippen LogP contribution in [-0.4, -0.2) is 29.6 Å². The molecular weight excluding hydrogens is 397 g/mol. The van der Waals surface area contributed by atoms with Gasteiger partial charge in [0.2, 0.25) is 0 Å². The van der Waals surface area contributed by atoms with Crippen molar-refractivity contribution in [1.29, 1.82) is 0 Å². The van der Waals surface area contributed by atoms with Crippen molar-refractivity contribution in [3.63, 3.8) is 0 Å². The number of hydrogen-bond acceptors (Lipinski definition) is 4. The minimum atomic E-state index is -4.83. The highest BCUT2D eigenvalue weighted by Crippen LogP contribution is 2.33. The van der Waals surface area contributed by atoms with Crippen molar-refractivity contribution in [2.45, 2.75) is 33.6 Å². The molecule has 3 rings (SSSR count). The third kappa shape index (κ3) is 4.48. The summed E-state index contributed by atoms with van der Waals surface area (Å²) in [5, 5.41) is 2.84. The van der Waals surface area contributed by atoms with Crippen LogP contribution in [0.25, 0.3) is 5.57 Å². The number of carbonyl (C=O) groups is 2. The summed E-state index contributed by atoms with van der Waals surface area (Å²) in [4.78, 5) is 27.1. The summed E-state index contributed by atoms with van der Waals surface area (Å²) in [6.45, 7) is 5.92. The van der Waals surface area contributed by atoms with Gasteiger partial charge < -0.3 is 10.1 Å². The van der Waals surface area contributed by atoms with Crippen LogP contribution in [0.4, 0.5) is 18.9 Å². The normalized spacial score (nSPS) is 14.5. The van der Waals surface area contributed by atoms with E-state index in [0.717, 1.165) is 28.2 Å². The number of aryl methyl sites for hydroxylation is 2. The highest BCUT2D eigenvalue weighted by Gasteiger charge is 2.39. The SMILES string of the molecule is CCCN1C(=O)C(Nc2cccc(OC(F)(F)F)c2)=C(c2ccc(C)c(C)c2)C1=O. The van der Waals surface area contributed by atoms with Crippen molar-refractivity contribution in [2.24, 2.45) is 0 Å². The van der Waals surface area contributed by atoms with Gasteiger partial charge >= 0.3 is 6.36 Å². The van der Waals surface area contributed by atoms with Crippen LogP contribution in [0.15, 0.2) is 48.2 Å². The summed E-state index contributed by atoms with van der Waals surface area (Å²) in [5.74, 6) is -1.38. The van der Waals surface area contributed by atoms with Gasteiger partial charge in [-0.2, -0.15) is 0 Å². The maximum atomic E-state index is 13.0. The van der Waals surface area contributed by atoms with E-state index in [0.29, 0.717) is 12.0 Å². The number of hydrogen-bond donors (Lipinski definition) is 1. The Hall–Kier alpha value is -3.29. The van der Waals surface area contributed by atoms with Gasteiger partial charge in [0.15, 0.2) is 0 Å². The number of alkyl halides is 3. The fourth-order valence-corrected chi connectivity index (χ4v) is 3.20. The Morgan fingerprint density at radius 3 is 2.37 bits per heavy atom. The van der Waals surface area contributed by atoms with Gasteiger partial charge in [-0.15, -0.1) is 13.2 Å². The van der Waals surface area contributed by atoms with Crippen molar-refractivity contribution >= 4 is 23.1 Å². The molecule has 1 aliphatic heterocycles. The second-order valence-electron chi connectivity index (χ2n) is 7.01. The van der Waals surface area contributed by atoms with E-state index in [1.165, 1.54) is 12.1 Å². The predicted molar refractivity (Wildman–Crippen MR) is 107 cm³/mol. The first-order valence-corrected chi connectivity index (χ1v) is 9.41. The van der Waals surface area contributed by atoms with Crippen LogP contribution in [-0.2, 0) is 9.59 Å². The quantitative estimate of drug-likeness (QED) is 0.685. The number of carbonyl (C=O) groups excluding carboxylic acids is 2. The van der Waals surface area contributed by atoms with Crippen molar-refractivity contribution < 1.29 is 27.5 Å². The van der Waals surface area contributed by atoms with Crippen molar-refractivity contribution in [1.82, 2.24) is 4.90 Å². The third-order valence-corrected chi connectivity index (χ3v) is 4.75. The molecule has 30 heavy (non-hydrogen) atoms. The number of nitrogens with zero attached hydrogens (tertiary/aromatic N) is 1. The molecule has 2 aromatic rings. The Labute approximate surface area is 172 Å². The lowest BCUT2D eigenvalue weighted by atomic mass is 9.99. The van der Waals surface area contributed by atoms with Gasteiger partial charge in [0.1, 0.15) is 11.4 Å². The molecule has 158 valence electrons. The Bertz CT molecular complexity index is 1030. The molecule has 2 aromatic carbocycles. The van der Waals surface area contributed by atoms with Crippen molar-refractivity contribution in [2.75, 3.05) is 11.9 Å². The number of imide groups is 1. The first kappa shape index (κ1) is 21.4. The zero-order valence-corrected chi connectivity index (χ0v) is 16.8. The molecule has 5 nitrogen and oxygen atoms in total. The Morgan fingerprint density at radius 2 is 1.73 bits per heavy atom. The summed E-state index contributed by atoms with van der Waals surface area (Å²) in [6, 6.07) is 10.6. The zero-order valence-electron chi connectivity index (χ0n) is 16.8. The van der Waals surface area contributed by atoms with Crippen molar-refractivity contribution in [3.05, 3.63) is 64.9 Å². The molecule has 1 N–H and O–H groups in total. The van der Waals surface area contributed by atoms with E-state index in [2.05, 4.69) is 10.1 Å². The predicted octanol–water partition coefficient (Wildman–Crippen LogP) is 4.80. The summed E-state index contributed by atoms with van der Waals surface area (Å²) >= 11 is 0. The third-order valence-electron chi connectivity index (χ3n) is 4.75. The first-order valence-electron chi connectivity index (χ1n) is 9.41. The van der Waals surface area contributed by atoms with Crippen LogP contribution < -0.4 is 10.1 Å². The summed E-state index contributed by atoms with van der Waals surface area (Å²) in [6.07, 6.45) is -4.25. The molecule has 0 atom stereocenters. The monoisotopic (exact) mass is 418 g/mol. The van der Waals surface area contributed by atoms with Crippen LogP contribution in [0, 0.1) is 13.8 Å². The Morgan fingerprint density at radius 1 is 1.00 bits per heavy atom. The topological polar surface area (TPSA) is 58.6 Å². The van der Waals surface area contributed by atoms with Crippen LogP contribution >= 0.6 is 0 Å². The highest BCUT2D eigenvalue weighted by molar-refractivity contribution is 6.36. The number of ether oxygens (including phenoxy) is 1. The maximum absolute atomic E-state index is 13.0. The number of benzene rings is 2. The molecule has 0 saturated carbocycles. The van der Waals surface area contributed by atoms with Gasteiger partial charge in [0, 0.05) is 18.3 Å². The average Bonchev–Trinajstić information content (AvgIpc) is 2.88. The van der Waals surface area contributed by atoms with Crippen LogP contribution in [0.2, 0.25) is 0 Å². The van der Waals surface area contributed by atoms with Crippen LogP contribution in [0.1, 0.15) is 30.0 Å². The molecule has 0 radical (unpaired) electrons. The van der Waals surface area contributed by atoms with E-state index in [1.807, 2.05) is 32.9 Å². The number of nitrogens with one attached hydrogen (secondary N) is 1.